The number of hydrogen-bond acceptors (Lipinski definition) is 2. The Bertz CT molecular complexity index is 137. The van der Waals surface area contributed by atoms with Gasteiger partial charge in [-0.3, -0.25) is 0 Å². The summed E-state index contributed by atoms with van der Waals surface area (Å²) < 4.78 is 0. The van der Waals surface area contributed by atoms with E-state index in [1.165, 1.54) is 38.5 Å². The van der Waals surface area contributed by atoms with Crippen LogP contribution in [0.1, 0.15) is 66.2 Å². The summed E-state index contributed by atoms with van der Waals surface area (Å²) in [5.74, 6) is -1.08. The Labute approximate surface area is 112 Å². The first-order valence-corrected chi connectivity index (χ1v) is 11.5. The summed E-state index contributed by atoms with van der Waals surface area (Å²) in [5.41, 5.74) is 0. The molecule has 17 heavy (non-hydrogen) atoms. The van der Waals surface area contributed by atoms with Crippen LogP contribution >= 0.6 is 0 Å². The molecular formula is C14H30GeO2. The molecule has 0 rings (SSSR count). The molecule has 0 aromatic rings. The Morgan fingerprint density at radius 2 is 1.12 bits per heavy atom. The molecule has 0 atom stereocenters. The molecular weight excluding hydrogens is 273 g/mol. The maximum atomic E-state index is 8.89. The van der Waals surface area contributed by atoms with Crippen LogP contribution in [0.15, 0.2) is 0 Å². The molecule has 0 unspecified atom stereocenters. The average molecular weight is 303 g/mol. The monoisotopic (exact) mass is 304 g/mol. The minimum absolute atomic E-state index is 0.552. The SMILES string of the molecule is CC(=O)[O-].CCC[CH2][Ge+]([CH2]CCC)[CH2]CCC. The van der Waals surface area contributed by atoms with Crippen molar-refractivity contribution >= 4 is 20.3 Å². The van der Waals surface area contributed by atoms with Crippen molar-refractivity contribution in [2.45, 2.75) is 82.0 Å². The van der Waals surface area contributed by atoms with Gasteiger partial charge in [0.15, 0.2) is 0 Å². The second-order valence-electron chi connectivity index (χ2n) is 4.55. The number of hydrogen-bond donors (Lipinski definition) is 0. The van der Waals surface area contributed by atoms with Crippen LogP contribution in [0.5, 0.6) is 0 Å². The Morgan fingerprint density at radius 3 is 1.29 bits per heavy atom. The van der Waals surface area contributed by atoms with Gasteiger partial charge in [0.2, 0.25) is 0 Å². The second kappa shape index (κ2) is 16.0. The van der Waals surface area contributed by atoms with Crippen LogP contribution in [0.4, 0.5) is 0 Å². The van der Waals surface area contributed by atoms with Crippen LogP contribution in [-0.2, 0) is 4.79 Å². The van der Waals surface area contributed by atoms with Crippen molar-refractivity contribution in [3.63, 3.8) is 0 Å². The van der Waals surface area contributed by atoms with Gasteiger partial charge in [-0.25, -0.2) is 0 Å². The van der Waals surface area contributed by atoms with Crippen LogP contribution in [0, 0.1) is 0 Å². The van der Waals surface area contributed by atoms with Gasteiger partial charge < -0.3 is 9.90 Å². The van der Waals surface area contributed by atoms with Crippen molar-refractivity contribution < 1.29 is 9.90 Å². The molecule has 2 nitrogen and oxygen atoms in total. The third kappa shape index (κ3) is 21.8. The molecule has 0 saturated heterocycles. The minimum atomic E-state index is -1.08. The summed E-state index contributed by atoms with van der Waals surface area (Å²) in [6.45, 7) is 7.96. The first kappa shape index (κ1) is 19.4. The number of aliphatic carboxylic acids is 1. The van der Waals surface area contributed by atoms with Crippen LogP contribution in [0.25, 0.3) is 0 Å². The molecule has 0 amide bonds. The van der Waals surface area contributed by atoms with Crippen LogP contribution in [0.2, 0.25) is 15.8 Å². The van der Waals surface area contributed by atoms with Crippen molar-refractivity contribution in [3.05, 3.63) is 0 Å². The molecule has 102 valence electrons. The Balaban J connectivity index is 0. The van der Waals surface area contributed by atoms with E-state index in [2.05, 4.69) is 20.8 Å². The first-order valence-electron chi connectivity index (χ1n) is 7.09. The summed E-state index contributed by atoms with van der Waals surface area (Å²) >= 11 is -0.552. The van der Waals surface area contributed by atoms with E-state index in [4.69, 9.17) is 9.90 Å². The van der Waals surface area contributed by atoms with E-state index in [1.807, 2.05) is 0 Å². The molecule has 0 aromatic carbocycles. The summed E-state index contributed by atoms with van der Waals surface area (Å²) in [5, 5.41) is 13.8. The van der Waals surface area contributed by atoms with E-state index in [-0.39, 0.29) is 0 Å². The van der Waals surface area contributed by atoms with Gasteiger partial charge in [-0.1, -0.05) is 0 Å². The third-order valence-corrected chi connectivity index (χ3v) is 9.33. The number of carbonyl (C=O) groups excluding carboxylic acids is 1. The molecule has 0 aromatic heterocycles. The van der Waals surface area contributed by atoms with E-state index in [0.29, 0.717) is 0 Å². The molecule has 0 heterocycles. The standard InChI is InChI=1S/C12H27Ge.C2H4O2/c1-4-7-10-13(11-8-5-2)12-9-6-3;1-2(3)4/h4-12H2,1-3H3;1H3,(H,3,4)/q+1;/p-1. The number of carboxylic acid groups (broad SMARTS) is 1. The number of rotatable bonds is 9. The van der Waals surface area contributed by atoms with Gasteiger partial charge >= 0.3 is 89.4 Å². The Hall–Kier alpha value is 0.0129. The summed E-state index contributed by atoms with van der Waals surface area (Å²) in [7, 11) is 0. The zero-order chi connectivity index (χ0) is 13.5. The zero-order valence-corrected chi connectivity index (χ0v) is 14.3. The van der Waals surface area contributed by atoms with Crippen molar-refractivity contribution in [1.82, 2.24) is 0 Å². The topological polar surface area (TPSA) is 40.1 Å². The summed E-state index contributed by atoms with van der Waals surface area (Å²) in [4.78, 5) is 8.89. The van der Waals surface area contributed by atoms with Crippen molar-refractivity contribution in [2.75, 3.05) is 0 Å². The van der Waals surface area contributed by atoms with Crippen LogP contribution in [-0.4, -0.2) is 20.3 Å². The summed E-state index contributed by atoms with van der Waals surface area (Å²) in [6, 6.07) is 0. The van der Waals surface area contributed by atoms with Gasteiger partial charge in [-0.15, -0.1) is 0 Å². The average Bonchev–Trinajstić information content (AvgIpc) is 2.27. The number of carboxylic acids is 1. The molecule has 0 saturated carbocycles. The van der Waals surface area contributed by atoms with E-state index < -0.39 is 20.3 Å². The van der Waals surface area contributed by atoms with Gasteiger partial charge in [0.1, 0.15) is 0 Å². The molecule has 0 fully saturated rings. The predicted octanol–water partition coefficient (Wildman–Crippen LogP) is 3.64. The molecule has 0 spiro atoms. The van der Waals surface area contributed by atoms with Crippen LogP contribution < -0.4 is 5.11 Å². The molecule has 0 aliphatic heterocycles. The fourth-order valence-electron chi connectivity index (χ4n) is 1.66. The molecule has 0 radical (unpaired) electrons. The quantitative estimate of drug-likeness (QED) is 0.610. The molecule has 0 aliphatic carbocycles. The van der Waals surface area contributed by atoms with E-state index in [1.54, 1.807) is 15.8 Å². The van der Waals surface area contributed by atoms with Crippen molar-refractivity contribution in [1.29, 1.82) is 0 Å². The maximum absolute atomic E-state index is 8.89. The molecule has 0 N–H and O–H groups in total. The number of carbonyl (C=O) groups is 1. The molecule has 0 bridgehead atoms. The van der Waals surface area contributed by atoms with E-state index >= 15 is 0 Å². The van der Waals surface area contributed by atoms with E-state index in [9.17, 15) is 0 Å². The molecule has 3 heteroatoms. The normalized spacial score (nSPS) is 9.41. The zero-order valence-electron chi connectivity index (χ0n) is 12.2. The number of unbranched alkanes of at least 4 members (excludes halogenated alkanes) is 3. The third-order valence-electron chi connectivity index (χ3n) is 2.65. The van der Waals surface area contributed by atoms with Gasteiger partial charge in [0, 0.05) is 5.97 Å². The van der Waals surface area contributed by atoms with E-state index in [0.717, 1.165) is 6.92 Å². The van der Waals surface area contributed by atoms with Crippen molar-refractivity contribution in [3.8, 4) is 0 Å². The molecule has 0 aliphatic rings. The fourth-order valence-corrected chi connectivity index (χ4v) is 8.60. The van der Waals surface area contributed by atoms with Gasteiger partial charge in [0.25, 0.3) is 0 Å². The fraction of sp³-hybridized carbons (Fsp3) is 0.929. The van der Waals surface area contributed by atoms with Crippen LogP contribution in [0.3, 0.4) is 0 Å². The predicted molar refractivity (Wildman–Crippen MR) is 75.6 cm³/mol. The Kier molecular flexibility index (Phi) is 18.2. The van der Waals surface area contributed by atoms with Gasteiger partial charge in [-0.05, 0) is 6.92 Å². The second-order valence-corrected chi connectivity index (χ2v) is 10.8. The Morgan fingerprint density at radius 1 is 0.882 bits per heavy atom. The van der Waals surface area contributed by atoms with Crippen molar-refractivity contribution in [2.24, 2.45) is 0 Å². The van der Waals surface area contributed by atoms with Gasteiger partial charge in [-0.2, -0.15) is 0 Å². The first-order chi connectivity index (χ1) is 8.08. The van der Waals surface area contributed by atoms with Gasteiger partial charge in [0.05, 0.1) is 0 Å². The summed E-state index contributed by atoms with van der Waals surface area (Å²) in [6.07, 6.45) is 8.78.